The van der Waals surface area contributed by atoms with Crippen molar-refractivity contribution in [2.24, 2.45) is 0 Å². The van der Waals surface area contributed by atoms with Gasteiger partial charge in [-0.15, -0.1) is 16.8 Å². The van der Waals surface area contributed by atoms with Crippen molar-refractivity contribution in [3.05, 3.63) is 53.8 Å². The first-order chi connectivity index (χ1) is 14.7. The van der Waals surface area contributed by atoms with E-state index < -0.39 is 0 Å². The Morgan fingerprint density at radius 3 is 2.80 bits per heavy atom. The van der Waals surface area contributed by atoms with Crippen LogP contribution in [0.3, 0.4) is 0 Å². The van der Waals surface area contributed by atoms with Crippen LogP contribution in [0.4, 0.5) is 9.52 Å². The lowest BCUT2D eigenvalue weighted by Crippen LogP contribution is -2.29. The van der Waals surface area contributed by atoms with Gasteiger partial charge in [-0.1, -0.05) is 41.3 Å². The molecule has 6 nitrogen and oxygen atoms in total. The second-order valence-electron chi connectivity index (χ2n) is 6.95. The number of hydrogen-bond donors (Lipinski definition) is 0. The van der Waals surface area contributed by atoms with Crippen molar-refractivity contribution in [3.63, 3.8) is 0 Å². The highest BCUT2D eigenvalue weighted by Crippen LogP contribution is 2.29. The summed E-state index contributed by atoms with van der Waals surface area (Å²) in [5, 5.41) is 9.82. The number of anilines is 1. The van der Waals surface area contributed by atoms with Gasteiger partial charge in [-0.25, -0.2) is 9.37 Å². The Morgan fingerprint density at radius 2 is 2.03 bits per heavy atom. The molecule has 1 saturated heterocycles. The van der Waals surface area contributed by atoms with Crippen LogP contribution in [0.15, 0.2) is 48.3 Å². The van der Waals surface area contributed by atoms with Gasteiger partial charge in [0.15, 0.2) is 21.9 Å². The van der Waals surface area contributed by atoms with Crippen LogP contribution in [0.25, 0.3) is 11.4 Å². The first-order valence-electron chi connectivity index (χ1n) is 9.83. The molecule has 4 rings (SSSR count). The van der Waals surface area contributed by atoms with Gasteiger partial charge in [0, 0.05) is 19.6 Å². The molecule has 0 saturated carbocycles. The number of thioether (sulfide) groups is 1. The molecule has 156 valence electrons. The van der Waals surface area contributed by atoms with Gasteiger partial charge in [-0.2, -0.15) is 0 Å². The van der Waals surface area contributed by atoms with Gasteiger partial charge in [-0.3, -0.25) is 9.36 Å². The Bertz CT molecular complexity index is 1040. The van der Waals surface area contributed by atoms with Gasteiger partial charge in [0.05, 0.1) is 22.4 Å². The Morgan fingerprint density at radius 1 is 1.23 bits per heavy atom. The van der Waals surface area contributed by atoms with Crippen LogP contribution in [-0.2, 0) is 6.54 Å². The molecule has 3 aromatic rings. The monoisotopic (exact) mass is 443 g/mol. The predicted molar refractivity (Wildman–Crippen MR) is 119 cm³/mol. The number of carbonyl (C=O) groups excluding carboxylic acids is 1. The second kappa shape index (κ2) is 9.53. The summed E-state index contributed by atoms with van der Waals surface area (Å²) in [6.45, 7) is 6.19. The zero-order valence-electron chi connectivity index (χ0n) is 16.5. The van der Waals surface area contributed by atoms with Crippen molar-refractivity contribution in [3.8, 4) is 11.4 Å². The third kappa shape index (κ3) is 4.46. The highest BCUT2D eigenvalue weighted by atomic mass is 32.2. The van der Waals surface area contributed by atoms with Gasteiger partial charge in [0.2, 0.25) is 0 Å². The average Bonchev–Trinajstić information content (AvgIpc) is 3.41. The number of thiazole rings is 1. The average molecular weight is 444 g/mol. The van der Waals surface area contributed by atoms with Crippen LogP contribution in [0, 0.1) is 5.82 Å². The van der Waals surface area contributed by atoms with E-state index in [1.165, 1.54) is 48.4 Å². The number of Topliss-reactive ketones (excluding diaryl/α,β-unsaturated/α-hetero) is 1. The van der Waals surface area contributed by atoms with E-state index in [-0.39, 0.29) is 17.4 Å². The molecule has 2 aromatic heterocycles. The molecule has 0 bridgehead atoms. The Kier molecular flexibility index (Phi) is 6.59. The molecule has 0 N–H and O–H groups in total. The maximum absolute atomic E-state index is 14.2. The van der Waals surface area contributed by atoms with E-state index in [0.717, 1.165) is 18.2 Å². The minimum absolute atomic E-state index is 0.00125. The van der Waals surface area contributed by atoms with Crippen molar-refractivity contribution in [2.45, 2.75) is 31.0 Å². The number of aromatic nitrogens is 4. The third-order valence-electron chi connectivity index (χ3n) is 4.87. The number of piperidine rings is 1. The molecule has 1 aliphatic rings. The van der Waals surface area contributed by atoms with E-state index in [1.54, 1.807) is 35.0 Å². The molecule has 0 radical (unpaired) electrons. The summed E-state index contributed by atoms with van der Waals surface area (Å²) >= 11 is 2.74. The molecular weight excluding hydrogens is 421 g/mol. The smallest absolute Gasteiger partial charge is 0.192 e. The quantitative estimate of drug-likeness (QED) is 0.286. The maximum Gasteiger partial charge on any atom is 0.192 e. The highest BCUT2D eigenvalue weighted by Gasteiger charge is 2.20. The molecule has 1 aliphatic heterocycles. The Labute approximate surface area is 182 Å². The van der Waals surface area contributed by atoms with Crippen LogP contribution in [-0.4, -0.2) is 44.4 Å². The number of nitrogens with zero attached hydrogens (tertiary/aromatic N) is 5. The lowest BCUT2D eigenvalue weighted by molar-refractivity contribution is 0.102. The van der Waals surface area contributed by atoms with Crippen molar-refractivity contribution < 1.29 is 9.18 Å². The van der Waals surface area contributed by atoms with E-state index in [9.17, 15) is 9.18 Å². The van der Waals surface area contributed by atoms with Crippen LogP contribution in [0.5, 0.6) is 0 Å². The van der Waals surface area contributed by atoms with E-state index in [1.807, 2.05) is 0 Å². The molecule has 30 heavy (non-hydrogen) atoms. The predicted octanol–water partition coefficient (Wildman–Crippen LogP) is 4.69. The fourth-order valence-electron chi connectivity index (χ4n) is 3.36. The number of ketones is 1. The number of hydrogen-bond acceptors (Lipinski definition) is 7. The largest absolute Gasteiger partial charge is 0.348 e. The SMILES string of the molecule is C=CCn1c(SCC(=O)c2cnc(N3CCCCC3)s2)nnc1-c1ccccc1F. The summed E-state index contributed by atoms with van der Waals surface area (Å²) in [5.41, 5.74) is 0.374. The molecule has 0 aliphatic carbocycles. The molecule has 0 unspecified atom stereocenters. The first-order valence-corrected chi connectivity index (χ1v) is 11.6. The number of allylic oxidation sites excluding steroid dienone is 1. The van der Waals surface area contributed by atoms with Gasteiger partial charge >= 0.3 is 0 Å². The zero-order chi connectivity index (χ0) is 20.9. The summed E-state index contributed by atoms with van der Waals surface area (Å²) in [6, 6.07) is 6.44. The summed E-state index contributed by atoms with van der Waals surface area (Å²) < 4.78 is 16.0. The van der Waals surface area contributed by atoms with E-state index in [4.69, 9.17) is 0 Å². The van der Waals surface area contributed by atoms with E-state index >= 15 is 0 Å². The fraction of sp³-hybridized carbons (Fsp3) is 0.333. The molecule has 9 heteroatoms. The molecule has 3 heterocycles. The Hall–Kier alpha value is -2.52. The molecule has 0 amide bonds. The van der Waals surface area contributed by atoms with Crippen LogP contribution >= 0.6 is 23.1 Å². The van der Waals surface area contributed by atoms with Crippen molar-refractivity contribution in [1.29, 1.82) is 0 Å². The third-order valence-corrected chi connectivity index (χ3v) is 6.94. The lowest BCUT2D eigenvalue weighted by Gasteiger charge is -2.25. The fourth-order valence-corrected chi connectivity index (χ4v) is 5.19. The highest BCUT2D eigenvalue weighted by molar-refractivity contribution is 7.99. The normalized spacial score (nSPS) is 14.1. The number of halogens is 1. The van der Waals surface area contributed by atoms with Gasteiger partial charge in [-0.05, 0) is 31.4 Å². The standard InChI is InChI=1S/C21H22FN5OS2/c1-2-10-27-19(15-8-4-5-9-16(15)22)24-25-21(27)29-14-17(28)18-13-23-20(30-18)26-11-6-3-7-12-26/h2,4-5,8-9,13H,1,3,6-7,10-12,14H2. The number of rotatable bonds is 8. The summed E-state index contributed by atoms with van der Waals surface area (Å²) in [6.07, 6.45) is 6.96. The number of benzene rings is 1. The summed E-state index contributed by atoms with van der Waals surface area (Å²) in [7, 11) is 0. The molecule has 0 atom stereocenters. The van der Waals surface area contributed by atoms with Crippen LogP contribution in [0.2, 0.25) is 0 Å². The molecule has 0 spiro atoms. The zero-order valence-corrected chi connectivity index (χ0v) is 18.1. The first kappa shape index (κ1) is 20.7. The van der Waals surface area contributed by atoms with Crippen molar-refractivity contribution >= 4 is 34.0 Å². The molecule has 1 fully saturated rings. The summed E-state index contributed by atoms with van der Waals surface area (Å²) in [5.74, 6) is 0.279. The van der Waals surface area contributed by atoms with E-state index in [2.05, 4.69) is 26.7 Å². The Balaban J connectivity index is 1.47. The minimum atomic E-state index is -0.363. The van der Waals surface area contributed by atoms with Crippen molar-refractivity contribution in [2.75, 3.05) is 23.7 Å². The van der Waals surface area contributed by atoms with Gasteiger partial charge in [0.1, 0.15) is 5.82 Å². The van der Waals surface area contributed by atoms with Crippen LogP contribution in [0.1, 0.15) is 28.9 Å². The number of carbonyl (C=O) groups is 1. The molecule has 1 aromatic carbocycles. The lowest BCUT2D eigenvalue weighted by atomic mass is 10.1. The van der Waals surface area contributed by atoms with Gasteiger partial charge < -0.3 is 4.90 Å². The van der Waals surface area contributed by atoms with E-state index in [0.29, 0.717) is 28.0 Å². The van der Waals surface area contributed by atoms with Crippen molar-refractivity contribution in [1.82, 2.24) is 19.7 Å². The topological polar surface area (TPSA) is 63.9 Å². The second-order valence-corrected chi connectivity index (χ2v) is 8.90. The van der Waals surface area contributed by atoms with Crippen LogP contribution < -0.4 is 4.90 Å². The summed E-state index contributed by atoms with van der Waals surface area (Å²) in [4.78, 5) is 20.0. The minimum Gasteiger partial charge on any atom is -0.348 e. The maximum atomic E-state index is 14.2. The molecular formula is C21H22FN5OS2. The van der Waals surface area contributed by atoms with Gasteiger partial charge in [0.25, 0.3) is 0 Å².